The van der Waals surface area contributed by atoms with Crippen molar-refractivity contribution >= 4 is 12.6 Å². The largest absolute Gasteiger partial charge is 0.495 e. The summed E-state index contributed by atoms with van der Waals surface area (Å²) in [4.78, 5) is 0. The van der Waals surface area contributed by atoms with E-state index in [1.54, 1.807) is 27.7 Å². The van der Waals surface area contributed by atoms with Crippen LogP contribution in [-0.2, 0) is 15.5 Å². The maximum atomic E-state index is 13.6. The summed E-state index contributed by atoms with van der Waals surface area (Å²) in [6.07, 6.45) is -2.89. The third-order valence-corrected chi connectivity index (χ3v) is 5.17. The second-order valence-electron chi connectivity index (χ2n) is 7.50. The molecule has 0 atom stereocenters. The van der Waals surface area contributed by atoms with Crippen LogP contribution in [-0.4, -0.2) is 18.3 Å². The average molecular weight is 337 g/mol. The molecule has 3 rings (SSSR count). The van der Waals surface area contributed by atoms with Crippen LogP contribution in [0, 0.1) is 11.3 Å². The molecule has 1 saturated carbocycles. The van der Waals surface area contributed by atoms with Crippen LogP contribution < -0.4 is 5.46 Å². The van der Waals surface area contributed by atoms with Crippen molar-refractivity contribution in [3.63, 3.8) is 0 Å². The lowest BCUT2D eigenvalue weighted by Gasteiger charge is -2.32. The lowest BCUT2D eigenvalue weighted by molar-refractivity contribution is -0.136. The van der Waals surface area contributed by atoms with Crippen molar-refractivity contribution in [1.29, 1.82) is 5.26 Å². The van der Waals surface area contributed by atoms with Crippen LogP contribution in [0.2, 0.25) is 0 Å². The first kappa shape index (κ1) is 17.3. The fourth-order valence-corrected chi connectivity index (χ4v) is 2.87. The van der Waals surface area contributed by atoms with Crippen LogP contribution in [0.25, 0.3) is 0 Å². The van der Waals surface area contributed by atoms with E-state index in [1.165, 1.54) is 6.07 Å². The Morgan fingerprint density at radius 3 is 2.08 bits per heavy atom. The fraction of sp³-hybridized carbons (Fsp3) is 0.588. The number of rotatable bonds is 2. The summed E-state index contributed by atoms with van der Waals surface area (Å²) in [6.45, 7) is 7.13. The molecule has 1 aliphatic carbocycles. The second kappa shape index (κ2) is 5.24. The third-order valence-electron chi connectivity index (χ3n) is 5.17. The molecule has 0 bridgehead atoms. The lowest BCUT2D eigenvalue weighted by Crippen LogP contribution is -2.41. The van der Waals surface area contributed by atoms with Crippen molar-refractivity contribution in [1.82, 2.24) is 0 Å². The molecule has 1 saturated heterocycles. The van der Waals surface area contributed by atoms with Crippen molar-refractivity contribution in [2.24, 2.45) is 0 Å². The van der Waals surface area contributed by atoms with Crippen LogP contribution >= 0.6 is 0 Å². The number of hydrogen-bond donors (Lipinski definition) is 0. The number of nitrogens with zero attached hydrogens (tertiary/aromatic N) is 1. The standard InChI is InChI=1S/C17H19BF3NO2/c1-15(2)16(3,4)24-18(23-15)14-7-11(9-22)12(10-5-6-10)8-13(14)17(19,20)21/h7-8,10H,5-6H2,1-4H3. The van der Waals surface area contributed by atoms with Gasteiger partial charge in [-0.25, -0.2) is 0 Å². The van der Waals surface area contributed by atoms with Gasteiger partial charge in [-0.2, -0.15) is 18.4 Å². The summed E-state index contributed by atoms with van der Waals surface area (Å²) in [5.41, 5.74) is -1.64. The molecule has 128 valence electrons. The van der Waals surface area contributed by atoms with Crippen LogP contribution in [0.15, 0.2) is 12.1 Å². The SMILES string of the molecule is CC1(C)OB(c2cc(C#N)c(C3CC3)cc2C(F)(F)F)OC1(C)C. The maximum Gasteiger partial charge on any atom is 0.495 e. The molecule has 2 fully saturated rings. The van der Waals surface area contributed by atoms with Crippen LogP contribution in [0.4, 0.5) is 13.2 Å². The minimum Gasteiger partial charge on any atom is -0.399 e. The van der Waals surface area contributed by atoms with E-state index in [0.29, 0.717) is 5.56 Å². The second-order valence-corrected chi connectivity index (χ2v) is 7.50. The number of hydrogen-bond acceptors (Lipinski definition) is 3. The quantitative estimate of drug-likeness (QED) is 0.772. The normalized spacial score (nSPS) is 22.5. The molecular weight excluding hydrogens is 318 g/mol. The Morgan fingerprint density at radius 1 is 1.12 bits per heavy atom. The van der Waals surface area contributed by atoms with Gasteiger partial charge in [0.05, 0.1) is 28.4 Å². The van der Waals surface area contributed by atoms with Crippen molar-refractivity contribution in [2.45, 2.75) is 63.8 Å². The molecule has 0 amide bonds. The van der Waals surface area contributed by atoms with E-state index in [2.05, 4.69) is 0 Å². The summed E-state index contributed by atoms with van der Waals surface area (Å²) >= 11 is 0. The van der Waals surface area contributed by atoms with Gasteiger partial charge in [-0.15, -0.1) is 0 Å². The van der Waals surface area contributed by atoms with E-state index >= 15 is 0 Å². The van der Waals surface area contributed by atoms with Gasteiger partial charge >= 0.3 is 13.3 Å². The molecule has 1 aromatic carbocycles. The van der Waals surface area contributed by atoms with Crippen molar-refractivity contribution in [3.05, 3.63) is 28.8 Å². The molecule has 0 aromatic heterocycles. The van der Waals surface area contributed by atoms with Gasteiger partial charge in [0.1, 0.15) is 0 Å². The molecule has 24 heavy (non-hydrogen) atoms. The Kier molecular flexibility index (Phi) is 3.78. The molecule has 0 spiro atoms. The van der Waals surface area contributed by atoms with Gasteiger partial charge in [-0.3, -0.25) is 0 Å². The van der Waals surface area contributed by atoms with Gasteiger partial charge < -0.3 is 9.31 Å². The molecule has 1 heterocycles. The lowest BCUT2D eigenvalue weighted by atomic mass is 9.74. The molecule has 0 radical (unpaired) electrons. The minimum absolute atomic E-state index is 0.0492. The predicted molar refractivity (Wildman–Crippen MR) is 83.9 cm³/mol. The van der Waals surface area contributed by atoms with Gasteiger partial charge in [0.2, 0.25) is 0 Å². The molecule has 1 aliphatic heterocycles. The maximum absolute atomic E-state index is 13.6. The zero-order valence-corrected chi connectivity index (χ0v) is 14.1. The molecule has 0 N–H and O–H groups in total. The Bertz CT molecular complexity index is 702. The molecule has 2 aliphatic rings. The summed E-state index contributed by atoms with van der Waals surface area (Å²) < 4.78 is 52.3. The third kappa shape index (κ3) is 2.82. The van der Waals surface area contributed by atoms with Gasteiger partial charge in [0.15, 0.2) is 0 Å². The monoisotopic (exact) mass is 337 g/mol. The predicted octanol–water partition coefficient (Wildman–Crippen LogP) is 3.75. The van der Waals surface area contributed by atoms with E-state index in [-0.39, 0.29) is 16.9 Å². The molecule has 7 heteroatoms. The van der Waals surface area contributed by atoms with E-state index < -0.39 is 30.1 Å². The Hall–Kier alpha value is -1.52. The van der Waals surface area contributed by atoms with Crippen molar-refractivity contribution in [2.75, 3.05) is 0 Å². The van der Waals surface area contributed by atoms with E-state index in [0.717, 1.165) is 18.9 Å². The first-order valence-corrected chi connectivity index (χ1v) is 7.97. The van der Waals surface area contributed by atoms with Crippen LogP contribution in [0.1, 0.15) is 63.1 Å². The van der Waals surface area contributed by atoms with Gasteiger partial charge in [-0.05, 0) is 69.6 Å². The minimum atomic E-state index is -4.53. The van der Waals surface area contributed by atoms with Crippen molar-refractivity contribution in [3.8, 4) is 6.07 Å². The summed E-state index contributed by atoms with van der Waals surface area (Å²) in [6, 6.07) is 4.42. The Balaban J connectivity index is 2.12. The first-order chi connectivity index (χ1) is 11.0. The van der Waals surface area contributed by atoms with Gasteiger partial charge in [0, 0.05) is 0 Å². The highest BCUT2D eigenvalue weighted by Crippen LogP contribution is 2.44. The average Bonchev–Trinajstić information content (AvgIpc) is 3.24. The zero-order chi connectivity index (χ0) is 17.9. The first-order valence-electron chi connectivity index (χ1n) is 7.97. The molecule has 1 aromatic rings. The number of benzene rings is 1. The van der Waals surface area contributed by atoms with Gasteiger partial charge in [-0.1, -0.05) is 0 Å². The number of halogens is 3. The van der Waals surface area contributed by atoms with Gasteiger partial charge in [0.25, 0.3) is 0 Å². The Morgan fingerprint density at radius 2 is 1.67 bits per heavy atom. The van der Waals surface area contributed by atoms with E-state index in [4.69, 9.17) is 9.31 Å². The highest BCUT2D eigenvalue weighted by Gasteiger charge is 2.54. The molecule has 0 unspecified atom stereocenters. The highest BCUT2D eigenvalue weighted by molar-refractivity contribution is 6.62. The number of alkyl halides is 3. The summed E-state index contributed by atoms with van der Waals surface area (Å²) in [7, 11) is -1.15. The zero-order valence-electron chi connectivity index (χ0n) is 14.1. The smallest absolute Gasteiger partial charge is 0.399 e. The van der Waals surface area contributed by atoms with E-state index in [1.807, 2.05) is 6.07 Å². The summed E-state index contributed by atoms with van der Waals surface area (Å²) in [5.74, 6) is 0.0492. The van der Waals surface area contributed by atoms with Crippen LogP contribution in [0.5, 0.6) is 0 Å². The molecular formula is C17H19BF3NO2. The fourth-order valence-electron chi connectivity index (χ4n) is 2.87. The Labute approximate surface area is 139 Å². The van der Waals surface area contributed by atoms with Crippen LogP contribution in [0.3, 0.4) is 0 Å². The number of nitriles is 1. The van der Waals surface area contributed by atoms with E-state index in [9.17, 15) is 18.4 Å². The topological polar surface area (TPSA) is 42.2 Å². The van der Waals surface area contributed by atoms with Crippen molar-refractivity contribution < 1.29 is 22.5 Å². The summed E-state index contributed by atoms with van der Waals surface area (Å²) in [5, 5.41) is 9.35. The molecule has 3 nitrogen and oxygen atoms in total. The highest BCUT2D eigenvalue weighted by atomic mass is 19.4.